The van der Waals surface area contributed by atoms with Gasteiger partial charge in [-0.1, -0.05) is 11.6 Å². The van der Waals surface area contributed by atoms with Crippen molar-refractivity contribution < 1.29 is 4.79 Å². The van der Waals surface area contributed by atoms with E-state index in [4.69, 9.17) is 16.9 Å². The molecular formula is C10H10ClN3OS. The summed E-state index contributed by atoms with van der Waals surface area (Å²) in [5, 5.41) is 10.5. The van der Waals surface area contributed by atoms with Crippen molar-refractivity contribution in [1.82, 2.24) is 10.4 Å². The standard InChI is InChI=1S/C10H10ClN3OS/c1-14(2)13-10(15)16-8-3-4-9(11)7(5-8)6-12/h3-5H,1-2H3,(H,13,15). The van der Waals surface area contributed by atoms with E-state index in [-0.39, 0.29) is 5.24 Å². The summed E-state index contributed by atoms with van der Waals surface area (Å²) < 4.78 is 0. The highest BCUT2D eigenvalue weighted by Gasteiger charge is 2.07. The van der Waals surface area contributed by atoms with Crippen LogP contribution in [0.5, 0.6) is 0 Å². The van der Waals surface area contributed by atoms with Crippen LogP contribution in [0.1, 0.15) is 5.56 Å². The van der Waals surface area contributed by atoms with Crippen molar-refractivity contribution in [2.75, 3.05) is 14.1 Å². The number of hydrogen-bond acceptors (Lipinski definition) is 4. The smallest absolute Gasteiger partial charge is 0.280 e. The molecule has 0 fully saturated rings. The quantitative estimate of drug-likeness (QED) is 0.652. The number of hydrazine groups is 1. The van der Waals surface area contributed by atoms with Crippen LogP contribution in [0.25, 0.3) is 0 Å². The molecule has 0 aromatic heterocycles. The van der Waals surface area contributed by atoms with E-state index in [1.54, 1.807) is 37.3 Å². The molecule has 0 heterocycles. The van der Waals surface area contributed by atoms with Gasteiger partial charge in [0.1, 0.15) is 6.07 Å². The van der Waals surface area contributed by atoms with Gasteiger partial charge in [0.15, 0.2) is 0 Å². The first kappa shape index (κ1) is 12.8. The van der Waals surface area contributed by atoms with Gasteiger partial charge in [-0.05, 0) is 30.0 Å². The van der Waals surface area contributed by atoms with Gasteiger partial charge >= 0.3 is 0 Å². The van der Waals surface area contributed by atoms with E-state index in [0.717, 1.165) is 11.8 Å². The molecule has 4 nitrogen and oxygen atoms in total. The highest BCUT2D eigenvalue weighted by Crippen LogP contribution is 2.24. The summed E-state index contributed by atoms with van der Waals surface area (Å²) in [5.41, 5.74) is 2.95. The van der Waals surface area contributed by atoms with E-state index in [1.165, 1.54) is 0 Å². The Labute approximate surface area is 103 Å². The number of carbonyl (C=O) groups is 1. The van der Waals surface area contributed by atoms with Gasteiger partial charge in [-0.3, -0.25) is 10.2 Å². The minimum Gasteiger partial charge on any atom is -0.280 e. The Morgan fingerprint density at radius 2 is 2.25 bits per heavy atom. The monoisotopic (exact) mass is 255 g/mol. The van der Waals surface area contributed by atoms with E-state index < -0.39 is 0 Å². The molecule has 1 aromatic rings. The molecule has 6 heteroatoms. The second-order valence-corrected chi connectivity index (χ2v) is 4.60. The van der Waals surface area contributed by atoms with E-state index in [2.05, 4.69) is 5.43 Å². The molecule has 0 atom stereocenters. The van der Waals surface area contributed by atoms with Gasteiger partial charge in [0.05, 0.1) is 10.6 Å². The molecule has 0 unspecified atom stereocenters. The van der Waals surface area contributed by atoms with Crippen molar-refractivity contribution >= 4 is 28.6 Å². The minimum atomic E-state index is -0.212. The van der Waals surface area contributed by atoms with Gasteiger partial charge in [-0.15, -0.1) is 0 Å². The minimum absolute atomic E-state index is 0.212. The first-order valence-electron chi connectivity index (χ1n) is 4.38. The Balaban J connectivity index is 2.76. The molecule has 1 N–H and O–H groups in total. The van der Waals surface area contributed by atoms with Crippen molar-refractivity contribution in [1.29, 1.82) is 5.26 Å². The molecule has 0 radical (unpaired) electrons. The van der Waals surface area contributed by atoms with E-state index in [9.17, 15) is 4.79 Å². The largest absolute Gasteiger partial charge is 0.298 e. The zero-order valence-electron chi connectivity index (χ0n) is 8.82. The number of amides is 1. The summed E-state index contributed by atoms with van der Waals surface area (Å²) in [7, 11) is 3.45. The van der Waals surface area contributed by atoms with Crippen molar-refractivity contribution in [3.05, 3.63) is 28.8 Å². The second kappa shape index (κ2) is 5.75. The van der Waals surface area contributed by atoms with Crippen LogP contribution in [0, 0.1) is 11.3 Å². The third kappa shape index (κ3) is 3.74. The predicted molar refractivity (Wildman–Crippen MR) is 64.2 cm³/mol. The van der Waals surface area contributed by atoms with Gasteiger partial charge in [0, 0.05) is 19.0 Å². The molecule has 0 saturated carbocycles. The molecule has 0 aliphatic carbocycles. The van der Waals surface area contributed by atoms with Crippen LogP contribution in [0.4, 0.5) is 4.79 Å². The molecule has 0 saturated heterocycles. The number of nitrogens with one attached hydrogen (secondary N) is 1. The predicted octanol–water partition coefficient (Wildman–Crippen LogP) is 2.49. The average Bonchev–Trinajstić information content (AvgIpc) is 2.19. The first-order valence-corrected chi connectivity index (χ1v) is 5.58. The lowest BCUT2D eigenvalue weighted by molar-refractivity contribution is 0.234. The number of carbonyl (C=O) groups excluding carboxylic acids is 1. The Kier molecular flexibility index (Phi) is 4.62. The summed E-state index contributed by atoms with van der Waals surface area (Å²) in [4.78, 5) is 12.1. The third-order valence-corrected chi connectivity index (χ3v) is 2.68. The zero-order chi connectivity index (χ0) is 12.1. The topological polar surface area (TPSA) is 56.1 Å². The Morgan fingerprint density at radius 1 is 1.56 bits per heavy atom. The summed E-state index contributed by atoms with van der Waals surface area (Å²) in [6.45, 7) is 0. The van der Waals surface area contributed by atoms with E-state index in [0.29, 0.717) is 15.5 Å². The Morgan fingerprint density at radius 3 is 2.81 bits per heavy atom. The second-order valence-electron chi connectivity index (χ2n) is 3.15. The number of nitrogens with zero attached hydrogens (tertiary/aromatic N) is 2. The molecule has 0 aliphatic heterocycles. The van der Waals surface area contributed by atoms with Crippen LogP contribution >= 0.6 is 23.4 Å². The fraction of sp³-hybridized carbons (Fsp3) is 0.200. The van der Waals surface area contributed by atoms with Crippen molar-refractivity contribution in [3.8, 4) is 6.07 Å². The van der Waals surface area contributed by atoms with Crippen LogP contribution in [-0.2, 0) is 0 Å². The number of thioether (sulfide) groups is 1. The third-order valence-electron chi connectivity index (χ3n) is 1.58. The number of benzene rings is 1. The van der Waals surface area contributed by atoms with Crippen molar-refractivity contribution in [2.45, 2.75) is 4.90 Å². The van der Waals surface area contributed by atoms with E-state index >= 15 is 0 Å². The molecule has 0 spiro atoms. The fourth-order valence-electron chi connectivity index (χ4n) is 0.966. The summed E-state index contributed by atoms with van der Waals surface area (Å²) >= 11 is 6.79. The van der Waals surface area contributed by atoms with Crippen molar-refractivity contribution in [2.24, 2.45) is 0 Å². The molecule has 0 aliphatic rings. The normalized spacial score (nSPS) is 9.94. The number of hydrogen-bond donors (Lipinski definition) is 1. The maximum Gasteiger partial charge on any atom is 0.298 e. The van der Waals surface area contributed by atoms with Gasteiger partial charge < -0.3 is 0 Å². The number of nitriles is 1. The molecular weight excluding hydrogens is 246 g/mol. The number of rotatable bonds is 2. The fourth-order valence-corrected chi connectivity index (χ4v) is 1.88. The maximum absolute atomic E-state index is 11.4. The Hall–Kier alpha value is -1.22. The molecule has 84 valence electrons. The molecule has 1 amide bonds. The van der Waals surface area contributed by atoms with Gasteiger partial charge in [-0.25, -0.2) is 5.01 Å². The Bertz CT molecular complexity index is 442. The lowest BCUT2D eigenvalue weighted by Gasteiger charge is -2.10. The van der Waals surface area contributed by atoms with Crippen LogP contribution in [-0.4, -0.2) is 24.3 Å². The lowest BCUT2D eigenvalue weighted by Crippen LogP contribution is -2.33. The zero-order valence-corrected chi connectivity index (χ0v) is 10.4. The summed E-state index contributed by atoms with van der Waals surface area (Å²) in [6.07, 6.45) is 0. The van der Waals surface area contributed by atoms with Crippen LogP contribution in [0.15, 0.2) is 23.1 Å². The average molecular weight is 256 g/mol. The number of halogens is 1. The molecule has 1 aromatic carbocycles. The molecule has 1 rings (SSSR count). The summed E-state index contributed by atoms with van der Waals surface area (Å²) in [6, 6.07) is 6.85. The molecule has 16 heavy (non-hydrogen) atoms. The highest BCUT2D eigenvalue weighted by atomic mass is 35.5. The highest BCUT2D eigenvalue weighted by molar-refractivity contribution is 8.13. The maximum atomic E-state index is 11.4. The van der Waals surface area contributed by atoms with Crippen LogP contribution in [0.3, 0.4) is 0 Å². The van der Waals surface area contributed by atoms with Gasteiger partial charge in [0.2, 0.25) is 0 Å². The SMILES string of the molecule is CN(C)NC(=O)Sc1ccc(Cl)c(C#N)c1. The molecule has 0 bridgehead atoms. The van der Waals surface area contributed by atoms with Crippen LogP contribution in [0.2, 0.25) is 5.02 Å². The van der Waals surface area contributed by atoms with Crippen molar-refractivity contribution in [3.63, 3.8) is 0 Å². The van der Waals surface area contributed by atoms with Gasteiger partial charge in [-0.2, -0.15) is 5.26 Å². The van der Waals surface area contributed by atoms with Gasteiger partial charge in [0.25, 0.3) is 5.24 Å². The van der Waals surface area contributed by atoms with Crippen LogP contribution < -0.4 is 5.43 Å². The lowest BCUT2D eigenvalue weighted by atomic mass is 10.2. The van der Waals surface area contributed by atoms with E-state index in [1.807, 2.05) is 6.07 Å². The first-order chi connectivity index (χ1) is 7.52. The summed E-state index contributed by atoms with van der Waals surface area (Å²) in [5.74, 6) is 0.